The molecule has 31 heavy (non-hydrogen) atoms. The molecular formula is C20H30O11. The molecule has 0 unspecified atom stereocenters. The van der Waals surface area contributed by atoms with Crippen molar-refractivity contribution in [2.75, 3.05) is 13.2 Å². The highest BCUT2D eigenvalue weighted by atomic mass is 16.7. The number of carbonyl (C=O) groups is 5. The van der Waals surface area contributed by atoms with E-state index in [1.807, 2.05) is 0 Å². The molecule has 1 rings (SSSR count). The second-order valence-corrected chi connectivity index (χ2v) is 6.93. The van der Waals surface area contributed by atoms with Crippen molar-refractivity contribution < 1.29 is 52.4 Å². The van der Waals surface area contributed by atoms with E-state index in [2.05, 4.69) is 0 Å². The fourth-order valence-electron chi connectivity index (χ4n) is 3.23. The molecule has 0 radical (unpaired) electrons. The Balaban J connectivity index is 3.17. The first-order valence-corrected chi connectivity index (χ1v) is 10.0. The van der Waals surface area contributed by atoms with E-state index in [1.165, 1.54) is 13.8 Å². The average molecular weight is 446 g/mol. The van der Waals surface area contributed by atoms with Crippen LogP contribution in [0.3, 0.4) is 0 Å². The summed E-state index contributed by atoms with van der Waals surface area (Å²) in [7, 11) is 0. The van der Waals surface area contributed by atoms with Gasteiger partial charge in [0.05, 0.1) is 12.7 Å². The maximum absolute atomic E-state index is 11.7. The number of esters is 5. The number of hydrogen-bond donors (Lipinski definition) is 0. The van der Waals surface area contributed by atoms with Crippen LogP contribution in [0.2, 0.25) is 0 Å². The Hall–Kier alpha value is -2.69. The van der Waals surface area contributed by atoms with Gasteiger partial charge < -0.3 is 28.4 Å². The van der Waals surface area contributed by atoms with Crippen LogP contribution < -0.4 is 0 Å². The van der Waals surface area contributed by atoms with Crippen LogP contribution in [-0.4, -0.2) is 73.6 Å². The van der Waals surface area contributed by atoms with Gasteiger partial charge in [0.15, 0.2) is 18.3 Å². The highest BCUT2D eigenvalue weighted by molar-refractivity contribution is 5.69. The summed E-state index contributed by atoms with van der Waals surface area (Å²) in [6.07, 6.45) is -4.66. The molecule has 5 atom stereocenters. The van der Waals surface area contributed by atoms with Crippen LogP contribution in [0.4, 0.5) is 0 Å². The van der Waals surface area contributed by atoms with Crippen LogP contribution in [0, 0.1) is 0 Å². The van der Waals surface area contributed by atoms with Crippen LogP contribution >= 0.6 is 0 Å². The number of hydrogen-bond acceptors (Lipinski definition) is 11. The third kappa shape index (κ3) is 9.33. The molecule has 0 amide bonds. The summed E-state index contributed by atoms with van der Waals surface area (Å²) >= 11 is 0. The average Bonchev–Trinajstić information content (AvgIpc) is 2.63. The van der Waals surface area contributed by atoms with Crippen molar-refractivity contribution in [1.82, 2.24) is 0 Å². The molecule has 0 aliphatic carbocycles. The van der Waals surface area contributed by atoms with E-state index < -0.39 is 60.4 Å². The molecule has 0 bridgehead atoms. The number of ether oxygens (including phenoxy) is 6. The molecule has 0 N–H and O–H groups in total. The van der Waals surface area contributed by atoms with Crippen LogP contribution in [0.1, 0.15) is 53.9 Å². The minimum atomic E-state index is -1.20. The summed E-state index contributed by atoms with van der Waals surface area (Å²) < 4.78 is 31.8. The molecule has 0 aromatic carbocycles. The molecular weight excluding hydrogens is 416 g/mol. The summed E-state index contributed by atoms with van der Waals surface area (Å²) in [5.41, 5.74) is 0. The first kappa shape index (κ1) is 26.3. The van der Waals surface area contributed by atoms with Gasteiger partial charge in [-0.05, 0) is 19.8 Å². The van der Waals surface area contributed by atoms with Gasteiger partial charge in [0.25, 0.3) is 0 Å². The summed E-state index contributed by atoms with van der Waals surface area (Å²) in [5.74, 6) is -3.04. The second-order valence-electron chi connectivity index (χ2n) is 6.93. The molecule has 0 aromatic heterocycles. The minimum absolute atomic E-state index is 0.0979. The number of rotatable bonds is 10. The first-order chi connectivity index (χ1) is 14.5. The molecule has 11 nitrogen and oxygen atoms in total. The standard InChI is InChI=1S/C20H30O11/c1-6-26-17(25)9-7-8-15-18(28-12(3)22)20(30-14(5)24)19(29-13(4)23)16(31-15)10-27-11(2)21/h15-16,18-20H,6-10H2,1-5H3/t15-,16-,18-,19-,20-/m1/s1. The van der Waals surface area contributed by atoms with E-state index in [-0.39, 0.29) is 26.1 Å². The highest BCUT2D eigenvalue weighted by Gasteiger charge is 2.51. The van der Waals surface area contributed by atoms with E-state index in [9.17, 15) is 24.0 Å². The van der Waals surface area contributed by atoms with Crippen molar-refractivity contribution in [2.45, 2.75) is 84.4 Å². The van der Waals surface area contributed by atoms with Crippen molar-refractivity contribution in [3.63, 3.8) is 0 Å². The Morgan fingerprint density at radius 1 is 0.710 bits per heavy atom. The van der Waals surface area contributed by atoms with Crippen molar-refractivity contribution in [3.8, 4) is 0 Å². The maximum Gasteiger partial charge on any atom is 0.305 e. The molecule has 1 saturated heterocycles. The molecule has 176 valence electrons. The number of carbonyl (C=O) groups excluding carboxylic acids is 5. The van der Waals surface area contributed by atoms with E-state index in [0.717, 1.165) is 13.8 Å². The van der Waals surface area contributed by atoms with Gasteiger partial charge in [-0.15, -0.1) is 0 Å². The van der Waals surface area contributed by atoms with Crippen LogP contribution in [-0.2, 0) is 52.4 Å². The van der Waals surface area contributed by atoms with Crippen LogP contribution in [0.15, 0.2) is 0 Å². The van der Waals surface area contributed by atoms with Crippen LogP contribution in [0.25, 0.3) is 0 Å². The van der Waals surface area contributed by atoms with Crippen molar-refractivity contribution in [2.24, 2.45) is 0 Å². The monoisotopic (exact) mass is 446 g/mol. The normalized spacial score (nSPS) is 25.1. The molecule has 1 fully saturated rings. The second kappa shape index (κ2) is 12.9. The Morgan fingerprint density at radius 2 is 1.23 bits per heavy atom. The van der Waals surface area contributed by atoms with Crippen molar-refractivity contribution in [1.29, 1.82) is 0 Å². The molecule has 0 saturated carbocycles. The van der Waals surface area contributed by atoms with Gasteiger partial charge >= 0.3 is 29.8 Å². The molecule has 0 aromatic rings. The minimum Gasteiger partial charge on any atom is -0.466 e. The van der Waals surface area contributed by atoms with E-state index in [1.54, 1.807) is 6.92 Å². The molecule has 1 heterocycles. The Labute approximate surface area is 180 Å². The van der Waals surface area contributed by atoms with Crippen molar-refractivity contribution >= 4 is 29.8 Å². The molecule has 0 spiro atoms. The van der Waals surface area contributed by atoms with Gasteiger partial charge in [0.2, 0.25) is 0 Å². The predicted molar refractivity (Wildman–Crippen MR) is 102 cm³/mol. The van der Waals surface area contributed by atoms with Gasteiger partial charge in [0.1, 0.15) is 12.7 Å². The van der Waals surface area contributed by atoms with Gasteiger partial charge in [-0.25, -0.2) is 0 Å². The van der Waals surface area contributed by atoms with Crippen molar-refractivity contribution in [3.05, 3.63) is 0 Å². The van der Waals surface area contributed by atoms with E-state index >= 15 is 0 Å². The third-order valence-corrected chi connectivity index (χ3v) is 4.26. The zero-order valence-electron chi connectivity index (χ0n) is 18.4. The summed E-state index contributed by atoms with van der Waals surface area (Å²) in [5, 5.41) is 0. The molecule has 1 aliphatic rings. The quantitative estimate of drug-likeness (QED) is 0.348. The van der Waals surface area contributed by atoms with Gasteiger partial charge in [-0.3, -0.25) is 24.0 Å². The zero-order valence-corrected chi connectivity index (χ0v) is 18.4. The lowest BCUT2D eigenvalue weighted by Gasteiger charge is -2.44. The van der Waals surface area contributed by atoms with E-state index in [0.29, 0.717) is 6.42 Å². The van der Waals surface area contributed by atoms with Gasteiger partial charge in [-0.1, -0.05) is 0 Å². The summed E-state index contributed by atoms with van der Waals surface area (Å²) in [6, 6.07) is 0. The smallest absolute Gasteiger partial charge is 0.305 e. The first-order valence-electron chi connectivity index (χ1n) is 10.0. The molecule has 1 aliphatic heterocycles. The van der Waals surface area contributed by atoms with Gasteiger partial charge in [0, 0.05) is 34.1 Å². The fourth-order valence-corrected chi connectivity index (χ4v) is 3.23. The zero-order chi connectivity index (χ0) is 23.6. The van der Waals surface area contributed by atoms with E-state index in [4.69, 9.17) is 28.4 Å². The Kier molecular flexibility index (Phi) is 10.9. The fraction of sp³-hybridized carbons (Fsp3) is 0.750. The van der Waals surface area contributed by atoms with Gasteiger partial charge in [-0.2, -0.15) is 0 Å². The highest BCUT2D eigenvalue weighted by Crippen LogP contribution is 2.31. The SMILES string of the molecule is CCOC(=O)CCC[C@H]1O[C@H](COC(C)=O)[C@@H](OC(C)=O)[C@H](OC(C)=O)[C@@H]1OC(C)=O. The Morgan fingerprint density at radius 3 is 1.71 bits per heavy atom. The van der Waals surface area contributed by atoms with Crippen LogP contribution in [0.5, 0.6) is 0 Å². The lowest BCUT2D eigenvalue weighted by Crippen LogP contribution is -2.62. The maximum atomic E-state index is 11.7. The lowest BCUT2D eigenvalue weighted by atomic mass is 9.91. The Bertz CT molecular complexity index is 660. The largest absolute Gasteiger partial charge is 0.466 e. The predicted octanol–water partition coefficient (Wildman–Crippen LogP) is 0.845. The lowest BCUT2D eigenvalue weighted by molar-refractivity contribution is -0.253. The summed E-state index contributed by atoms with van der Waals surface area (Å²) in [6.45, 7) is 6.33. The molecule has 11 heteroatoms. The summed E-state index contributed by atoms with van der Waals surface area (Å²) in [4.78, 5) is 58.0. The topological polar surface area (TPSA) is 141 Å². The third-order valence-electron chi connectivity index (χ3n) is 4.26.